The summed E-state index contributed by atoms with van der Waals surface area (Å²) < 4.78 is 7.64. The molecule has 0 atom stereocenters. The van der Waals surface area contributed by atoms with E-state index in [4.69, 9.17) is 16.3 Å². The number of aromatic nitrogens is 3. The van der Waals surface area contributed by atoms with E-state index in [1.165, 1.54) is 0 Å². The summed E-state index contributed by atoms with van der Waals surface area (Å²) in [4.78, 5) is 4.28. The first-order chi connectivity index (χ1) is 11.8. The van der Waals surface area contributed by atoms with E-state index in [2.05, 4.69) is 10.1 Å². The minimum atomic E-state index is 0.509. The van der Waals surface area contributed by atoms with Crippen molar-refractivity contribution < 1.29 is 4.74 Å². The van der Waals surface area contributed by atoms with Crippen molar-refractivity contribution in [1.82, 2.24) is 14.6 Å². The van der Waals surface area contributed by atoms with Crippen molar-refractivity contribution in [1.29, 1.82) is 0 Å². The van der Waals surface area contributed by atoms with Gasteiger partial charge in [-0.3, -0.25) is 0 Å². The van der Waals surface area contributed by atoms with Crippen LogP contribution in [0.25, 0.3) is 16.9 Å². The van der Waals surface area contributed by atoms with Crippen LogP contribution in [0.4, 0.5) is 0 Å². The Morgan fingerprint density at radius 2 is 1.67 bits per heavy atom. The van der Waals surface area contributed by atoms with Crippen molar-refractivity contribution in [3.05, 3.63) is 83.6 Å². The standard InChI is InChI=1S/C19H14ClN3O/c20-16-5-1-14(2-6-16)13-24-17-7-3-15(4-8-17)18-9-11-21-19-10-12-22-23(18)19/h1-12H,13H2. The molecule has 0 radical (unpaired) electrons. The van der Waals surface area contributed by atoms with Gasteiger partial charge in [0.2, 0.25) is 0 Å². The lowest BCUT2D eigenvalue weighted by Gasteiger charge is -2.08. The van der Waals surface area contributed by atoms with Crippen LogP contribution in [0, 0.1) is 0 Å². The molecule has 24 heavy (non-hydrogen) atoms. The highest BCUT2D eigenvalue weighted by Crippen LogP contribution is 2.23. The summed E-state index contributed by atoms with van der Waals surface area (Å²) in [6, 6.07) is 19.4. The molecule has 2 aromatic carbocycles. The van der Waals surface area contributed by atoms with E-state index in [0.717, 1.165) is 33.2 Å². The molecule has 0 fully saturated rings. The Kier molecular flexibility index (Phi) is 3.89. The second-order valence-corrected chi connectivity index (χ2v) is 5.81. The smallest absolute Gasteiger partial charge is 0.155 e. The minimum Gasteiger partial charge on any atom is -0.489 e. The molecule has 5 heteroatoms. The Hall–Kier alpha value is -2.85. The SMILES string of the molecule is Clc1ccc(COc2ccc(-c3ccnc4ccnn34)cc2)cc1. The molecule has 0 spiro atoms. The predicted octanol–water partition coefficient (Wildman–Crippen LogP) is 4.63. The van der Waals surface area contributed by atoms with Crippen molar-refractivity contribution in [2.75, 3.05) is 0 Å². The van der Waals surface area contributed by atoms with Crippen molar-refractivity contribution in [3.63, 3.8) is 0 Å². The molecule has 0 N–H and O–H groups in total. The Labute approximate surface area is 144 Å². The molecule has 0 aliphatic rings. The van der Waals surface area contributed by atoms with Gasteiger partial charge in [-0.2, -0.15) is 5.10 Å². The molecule has 0 bridgehead atoms. The minimum absolute atomic E-state index is 0.509. The summed E-state index contributed by atoms with van der Waals surface area (Å²) >= 11 is 5.89. The van der Waals surface area contributed by atoms with Gasteiger partial charge in [0, 0.05) is 22.8 Å². The molecule has 0 amide bonds. The molecule has 0 saturated heterocycles. The first-order valence-corrected chi connectivity index (χ1v) is 7.94. The van der Waals surface area contributed by atoms with Gasteiger partial charge < -0.3 is 4.74 Å². The van der Waals surface area contributed by atoms with Crippen LogP contribution in [-0.2, 0) is 6.61 Å². The Bertz CT molecular complexity index is 962. The summed E-state index contributed by atoms with van der Waals surface area (Å²) in [6.45, 7) is 0.509. The van der Waals surface area contributed by atoms with Crippen molar-refractivity contribution >= 4 is 17.2 Å². The maximum absolute atomic E-state index is 5.89. The first-order valence-electron chi connectivity index (χ1n) is 7.56. The number of ether oxygens (including phenoxy) is 1. The zero-order chi connectivity index (χ0) is 16.4. The van der Waals surface area contributed by atoms with Crippen molar-refractivity contribution in [2.45, 2.75) is 6.61 Å². The van der Waals surface area contributed by atoms with Gasteiger partial charge in [-0.05, 0) is 48.0 Å². The second kappa shape index (κ2) is 6.34. The van der Waals surface area contributed by atoms with Crippen LogP contribution in [0.5, 0.6) is 5.75 Å². The maximum Gasteiger partial charge on any atom is 0.155 e. The van der Waals surface area contributed by atoms with E-state index >= 15 is 0 Å². The van der Waals surface area contributed by atoms with Gasteiger partial charge in [-0.25, -0.2) is 9.50 Å². The number of halogens is 1. The third kappa shape index (κ3) is 2.96. The molecule has 0 unspecified atom stereocenters. The molecular formula is C19H14ClN3O. The monoisotopic (exact) mass is 335 g/mol. The molecule has 2 heterocycles. The lowest BCUT2D eigenvalue weighted by atomic mass is 10.1. The van der Waals surface area contributed by atoms with Crippen LogP contribution in [0.3, 0.4) is 0 Å². The summed E-state index contributed by atoms with van der Waals surface area (Å²) in [5.74, 6) is 0.819. The zero-order valence-electron chi connectivity index (χ0n) is 12.8. The van der Waals surface area contributed by atoms with Crippen LogP contribution < -0.4 is 4.74 Å². The fourth-order valence-electron chi connectivity index (χ4n) is 2.52. The van der Waals surface area contributed by atoms with Crippen molar-refractivity contribution in [3.8, 4) is 17.0 Å². The molecule has 0 saturated carbocycles. The number of hydrogen-bond acceptors (Lipinski definition) is 3. The number of nitrogens with zero attached hydrogens (tertiary/aromatic N) is 3. The van der Waals surface area contributed by atoms with E-state index in [0.29, 0.717) is 6.61 Å². The molecule has 118 valence electrons. The number of benzene rings is 2. The molecule has 2 aromatic heterocycles. The molecule has 0 aliphatic carbocycles. The highest BCUT2D eigenvalue weighted by Gasteiger charge is 2.05. The third-order valence-corrected chi connectivity index (χ3v) is 4.01. The van der Waals surface area contributed by atoms with Crippen LogP contribution in [0.15, 0.2) is 73.1 Å². The van der Waals surface area contributed by atoms with Crippen LogP contribution >= 0.6 is 11.6 Å². The highest BCUT2D eigenvalue weighted by molar-refractivity contribution is 6.30. The fourth-order valence-corrected chi connectivity index (χ4v) is 2.65. The Morgan fingerprint density at radius 1 is 0.875 bits per heavy atom. The van der Waals surface area contributed by atoms with Gasteiger partial charge >= 0.3 is 0 Å². The fraction of sp³-hybridized carbons (Fsp3) is 0.0526. The number of hydrogen-bond donors (Lipinski definition) is 0. The van der Waals surface area contributed by atoms with Gasteiger partial charge in [0.05, 0.1) is 11.9 Å². The quantitative estimate of drug-likeness (QED) is 0.546. The van der Waals surface area contributed by atoms with Gasteiger partial charge in [-0.1, -0.05) is 23.7 Å². The van der Waals surface area contributed by atoms with E-state index in [-0.39, 0.29) is 0 Å². The maximum atomic E-state index is 5.89. The lowest BCUT2D eigenvalue weighted by Crippen LogP contribution is -1.96. The van der Waals surface area contributed by atoms with Gasteiger partial charge in [0.25, 0.3) is 0 Å². The van der Waals surface area contributed by atoms with E-state index in [9.17, 15) is 0 Å². The van der Waals surface area contributed by atoms with Crippen LogP contribution in [-0.4, -0.2) is 14.6 Å². The van der Waals surface area contributed by atoms with E-state index < -0.39 is 0 Å². The van der Waals surface area contributed by atoms with Gasteiger partial charge in [0.1, 0.15) is 12.4 Å². The molecule has 0 aliphatic heterocycles. The summed E-state index contributed by atoms with van der Waals surface area (Å²) in [7, 11) is 0. The zero-order valence-corrected chi connectivity index (χ0v) is 13.5. The Balaban J connectivity index is 1.52. The average Bonchev–Trinajstić information content (AvgIpc) is 3.10. The third-order valence-electron chi connectivity index (χ3n) is 3.76. The summed E-state index contributed by atoms with van der Waals surface area (Å²) in [6.07, 6.45) is 3.53. The topological polar surface area (TPSA) is 39.4 Å². The van der Waals surface area contributed by atoms with E-state index in [1.807, 2.05) is 65.2 Å². The molecule has 4 nitrogen and oxygen atoms in total. The first kappa shape index (κ1) is 14.7. The number of rotatable bonds is 4. The van der Waals surface area contributed by atoms with E-state index in [1.54, 1.807) is 12.4 Å². The Morgan fingerprint density at radius 3 is 2.46 bits per heavy atom. The summed E-state index contributed by atoms with van der Waals surface area (Å²) in [5, 5.41) is 5.04. The number of fused-ring (bicyclic) bond motifs is 1. The van der Waals surface area contributed by atoms with Gasteiger partial charge in [0.15, 0.2) is 5.65 Å². The molecular weight excluding hydrogens is 322 g/mol. The van der Waals surface area contributed by atoms with Crippen LogP contribution in [0.1, 0.15) is 5.56 Å². The molecule has 4 rings (SSSR count). The average molecular weight is 336 g/mol. The van der Waals surface area contributed by atoms with Crippen molar-refractivity contribution in [2.24, 2.45) is 0 Å². The lowest BCUT2D eigenvalue weighted by molar-refractivity contribution is 0.306. The summed E-state index contributed by atoms with van der Waals surface area (Å²) in [5.41, 5.74) is 3.96. The van der Waals surface area contributed by atoms with Gasteiger partial charge in [-0.15, -0.1) is 0 Å². The molecule has 4 aromatic rings. The normalized spacial score (nSPS) is 10.9. The largest absolute Gasteiger partial charge is 0.489 e. The predicted molar refractivity (Wildman–Crippen MR) is 94.2 cm³/mol. The second-order valence-electron chi connectivity index (χ2n) is 5.37. The van der Waals surface area contributed by atoms with Crippen LogP contribution in [0.2, 0.25) is 5.02 Å². The highest BCUT2D eigenvalue weighted by atomic mass is 35.5.